The maximum Gasteiger partial charge on any atom is -0.0386 e. The third-order valence-corrected chi connectivity index (χ3v) is 4.63. The fraction of sp³-hybridized carbons (Fsp3) is 0.900. The molecule has 20 heavy (non-hydrogen) atoms. The summed E-state index contributed by atoms with van der Waals surface area (Å²) in [6.07, 6.45) is 31.0. The molecule has 0 aromatic carbocycles. The maximum absolute atomic E-state index is 2.54. The molecule has 1 aliphatic rings. The Bertz CT molecular complexity index is 86.4. The van der Waals surface area contributed by atoms with Gasteiger partial charge in [0.1, 0.15) is 0 Å². The van der Waals surface area contributed by atoms with E-state index in [1.54, 1.807) is 0 Å². The van der Waals surface area contributed by atoms with Crippen LogP contribution in [0.4, 0.5) is 0 Å². The summed E-state index contributed by atoms with van der Waals surface area (Å²) in [5.74, 6) is 0. The molecule has 1 saturated carbocycles. The highest BCUT2D eigenvalue weighted by Crippen LogP contribution is 2.16. The third kappa shape index (κ3) is 13.0. The van der Waals surface area contributed by atoms with Crippen LogP contribution in [0.1, 0.15) is 116 Å². The Morgan fingerprint density at radius 3 is 0.750 bits per heavy atom. The van der Waals surface area contributed by atoms with Gasteiger partial charge in [0.25, 0.3) is 0 Å². The molecular formula is C20H38. The second kappa shape index (κ2) is 15.4. The quantitative estimate of drug-likeness (QED) is 0.432. The zero-order valence-corrected chi connectivity index (χ0v) is 13.9. The van der Waals surface area contributed by atoms with Gasteiger partial charge in [0.05, 0.1) is 0 Å². The number of rotatable bonds is 0. The van der Waals surface area contributed by atoms with E-state index in [1.807, 2.05) is 0 Å². The summed E-state index contributed by atoms with van der Waals surface area (Å²) in [5.41, 5.74) is 0. The van der Waals surface area contributed by atoms with E-state index in [0.29, 0.717) is 0 Å². The molecule has 0 aromatic rings. The molecule has 1 rings (SSSR count). The van der Waals surface area contributed by atoms with Crippen LogP contribution in [0.15, 0.2) is 0 Å². The molecule has 1 fully saturated rings. The summed E-state index contributed by atoms with van der Waals surface area (Å²) in [5, 5.41) is 0. The minimum atomic E-state index is 1.36. The average molecular weight is 279 g/mol. The first-order valence-corrected chi connectivity index (χ1v) is 9.63. The van der Waals surface area contributed by atoms with E-state index in [0.717, 1.165) is 0 Å². The van der Waals surface area contributed by atoms with Crippen LogP contribution >= 0.6 is 0 Å². The van der Waals surface area contributed by atoms with Gasteiger partial charge in [0.15, 0.2) is 0 Å². The largest absolute Gasteiger partial charge is 0.0533 e. The van der Waals surface area contributed by atoms with Gasteiger partial charge < -0.3 is 0 Å². The van der Waals surface area contributed by atoms with Crippen molar-refractivity contribution in [3.63, 3.8) is 0 Å². The van der Waals surface area contributed by atoms with E-state index in [1.165, 1.54) is 116 Å². The van der Waals surface area contributed by atoms with Crippen molar-refractivity contribution in [2.24, 2.45) is 0 Å². The van der Waals surface area contributed by atoms with Crippen molar-refractivity contribution in [2.75, 3.05) is 0 Å². The lowest BCUT2D eigenvalue weighted by molar-refractivity contribution is 0.538. The summed E-state index contributed by atoms with van der Waals surface area (Å²) in [7, 11) is 0. The fourth-order valence-electron chi connectivity index (χ4n) is 3.21. The predicted octanol–water partition coefficient (Wildman–Crippen LogP) is 7.43. The molecule has 0 aliphatic heterocycles. The highest BCUT2D eigenvalue weighted by atomic mass is 14.0. The lowest BCUT2D eigenvalue weighted by Crippen LogP contribution is -1.86. The molecule has 0 amide bonds. The normalized spacial score (nSPS) is 24.0. The van der Waals surface area contributed by atoms with Crippen LogP contribution in [0, 0.1) is 12.8 Å². The maximum atomic E-state index is 2.54. The molecule has 0 N–H and O–H groups in total. The molecule has 0 saturated heterocycles. The standard InChI is InChI=1S/C20H38/c1-2-4-6-8-10-12-14-16-18-20-19-17-15-13-11-9-7-5-3-1/h1,12H,2-11,13-20H2. The highest BCUT2D eigenvalue weighted by molar-refractivity contribution is 4.67. The van der Waals surface area contributed by atoms with E-state index >= 15 is 0 Å². The van der Waals surface area contributed by atoms with E-state index in [2.05, 4.69) is 12.8 Å². The molecule has 0 heterocycles. The van der Waals surface area contributed by atoms with E-state index < -0.39 is 0 Å². The minimum Gasteiger partial charge on any atom is -0.0533 e. The van der Waals surface area contributed by atoms with Crippen LogP contribution in [0.2, 0.25) is 0 Å². The molecule has 0 spiro atoms. The summed E-state index contributed by atoms with van der Waals surface area (Å²) in [4.78, 5) is 0. The molecule has 0 nitrogen and oxygen atoms in total. The van der Waals surface area contributed by atoms with Crippen LogP contribution in [0.5, 0.6) is 0 Å². The zero-order chi connectivity index (χ0) is 14.1. The van der Waals surface area contributed by atoms with Gasteiger partial charge in [0.2, 0.25) is 0 Å². The number of hydrogen-bond donors (Lipinski definition) is 0. The smallest absolute Gasteiger partial charge is 0.0386 e. The molecule has 0 unspecified atom stereocenters. The minimum absolute atomic E-state index is 1.36. The Balaban J connectivity index is 2.00. The predicted molar refractivity (Wildman–Crippen MR) is 91.7 cm³/mol. The Hall–Kier alpha value is 0. The summed E-state index contributed by atoms with van der Waals surface area (Å²) < 4.78 is 0. The molecule has 2 radical (unpaired) electrons. The van der Waals surface area contributed by atoms with Gasteiger partial charge >= 0.3 is 0 Å². The molecule has 0 heteroatoms. The monoisotopic (exact) mass is 278 g/mol. The van der Waals surface area contributed by atoms with Crippen molar-refractivity contribution in [1.29, 1.82) is 0 Å². The molecule has 0 atom stereocenters. The molecule has 0 bridgehead atoms. The van der Waals surface area contributed by atoms with Crippen molar-refractivity contribution >= 4 is 0 Å². The number of hydrogen-bond acceptors (Lipinski definition) is 0. The van der Waals surface area contributed by atoms with Gasteiger partial charge in [0, 0.05) is 0 Å². The first-order chi connectivity index (χ1) is 10.0. The van der Waals surface area contributed by atoms with Gasteiger partial charge in [-0.3, -0.25) is 0 Å². The van der Waals surface area contributed by atoms with Crippen molar-refractivity contribution < 1.29 is 0 Å². The van der Waals surface area contributed by atoms with Crippen molar-refractivity contribution in [2.45, 2.75) is 116 Å². The first-order valence-electron chi connectivity index (χ1n) is 9.63. The Morgan fingerprint density at radius 2 is 0.450 bits per heavy atom. The van der Waals surface area contributed by atoms with Crippen LogP contribution in [-0.4, -0.2) is 0 Å². The van der Waals surface area contributed by atoms with Crippen molar-refractivity contribution in [1.82, 2.24) is 0 Å². The lowest BCUT2D eigenvalue weighted by Gasteiger charge is -2.05. The Kier molecular flexibility index (Phi) is 13.9. The third-order valence-electron chi connectivity index (χ3n) is 4.63. The summed E-state index contributed by atoms with van der Waals surface area (Å²) in [6, 6.07) is 0. The Labute approximate surface area is 129 Å². The van der Waals surface area contributed by atoms with Crippen LogP contribution in [0.3, 0.4) is 0 Å². The summed E-state index contributed by atoms with van der Waals surface area (Å²) >= 11 is 0. The van der Waals surface area contributed by atoms with Crippen LogP contribution < -0.4 is 0 Å². The van der Waals surface area contributed by atoms with Crippen LogP contribution in [-0.2, 0) is 0 Å². The zero-order valence-electron chi connectivity index (χ0n) is 13.9. The fourth-order valence-corrected chi connectivity index (χ4v) is 3.21. The lowest BCUT2D eigenvalue weighted by atomic mass is 10.0. The van der Waals surface area contributed by atoms with Gasteiger partial charge in [-0.1, -0.05) is 116 Å². The van der Waals surface area contributed by atoms with E-state index in [-0.39, 0.29) is 0 Å². The molecule has 1 aliphatic carbocycles. The van der Waals surface area contributed by atoms with Crippen LogP contribution in [0.25, 0.3) is 0 Å². The highest BCUT2D eigenvalue weighted by Gasteiger charge is 1.97. The molecule has 0 aromatic heterocycles. The summed E-state index contributed by atoms with van der Waals surface area (Å²) in [6.45, 7) is 0. The van der Waals surface area contributed by atoms with Gasteiger partial charge in [-0.05, 0) is 12.8 Å². The SMILES string of the molecule is [CH]1CCCCC[CH]CCCCCCCCCCCCC1. The van der Waals surface area contributed by atoms with Crippen molar-refractivity contribution in [3.05, 3.63) is 12.8 Å². The van der Waals surface area contributed by atoms with Crippen molar-refractivity contribution in [3.8, 4) is 0 Å². The van der Waals surface area contributed by atoms with Gasteiger partial charge in [-0.15, -0.1) is 0 Å². The Morgan fingerprint density at radius 1 is 0.250 bits per heavy atom. The van der Waals surface area contributed by atoms with Gasteiger partial charge in [-0.2, -0.15) is 0 Å². The van der Waals surface area contributed by atoms with E-state index in [9.17, 15) is 0 Å². The molecule has 118 valence electrons. The molecular weight excluding hydrogens is 240 g/mol. The van der Waals surface area contributed by atoms with Gasteiger partial charge in [-0.25, -0.2) is 0 Å². The van der Waals surface area contributed by atoms with E-state index in [4.69, 9.17) is 0 Å². The first kappa shape index (κ1) is 18.1. The average Bonchev–Trinajstić information content (AvgIpc) is 2.46. The second-order valence-electron chi connectivity index (χ2n) is 6.68. The second-order valence-corrected chi connectivity index (χ2v) is 6.68. The topological polar surface area (TPSA) is 0 Å².